The molecule has 1 aliphatic heterocycles. The van der Waals surface area contributed by atoms with Gasteiger partial charge in [0.05, 0.1) is 7.11 Å². The summed E-state index contributed by atoms with van der Waals surface area (Å²) in [5.74, 6) is 0.0155. The maximum Gasteiger partial charge on any atom is 0.407 e. The van der Waals surface area contributed by atoms with Gasteiger partial charge in [0.1, 0.15) is 6.04 Å². The van der Waals surface area contributed by atoms with Crippen molar-refractivity contribution in [3.63, 3.8) is 0 Å². The van der Waals surface area contributed by atoms with Crippen LogP contribution in [0.15, 0.2) is 24.3 Å². The van der Waals surface area contributed by atoms with Crippen molar-refractivity contribution in [1.29, 1.82) is 0 Å². The van der Waals surface area contributed by atoms with Crippen LogP contribution in [0.3, 0.4) is 0 Å². The van der Waals surface area contributed by atoms with Crippen molar-refractivity contribution in [2.24, 2.45) is 5.92 Å². The molecule has 27 heavy (non-hydrogen) atoms. The van der Waals surface area contributed by atoms with E-state index in [1.54, 1.807) is 34.1 Å². The fourth-order valence-electron chi connectivity index (χ4n) is 3.02. The molecule has 0 radical (unpaired) electrons. The van der Waals surface area contributed by atoms with E-state index in [-0.39, 0.29) is 17.7 Å². The quantitative estimate of drug-likeness (QED) is 0.830. The van der Waals surface area contributed by atoms with Gasteiger partial charge in [-0.3, -0.25) is 9.59 Å². The molecule has 1 heterocycles. The third kappa shape index (κ3) is 5.85. The van der Waals surface area contributed by atoms with Gasteiger partial charge in [0.2, 0.25) is 5.91 Å². The van der Waals surface area contributed by atoms with E-state index in [0.29, 0.717) is 43.2 Å². The Morgan fingerprint density at radius 2 is 1.63 bits per heavy atom. The summed E-state index contributed by atoms with van der Waals surface area (Å²) in [5.41, 5.74) is 0.573. The third-order valence-electron chi connectivity index (χ3n) is 4.45. The zero-order chi connectivity index (χ0) is 20.0. The van der Waals surface area contributed by atoms with E-state index < -0.39 is 12.1 Å². The Morgan fingerprint density at radius 1 is 1.07 bits per heavy atom. The highest BCUT2D eigenvalue weighted by molar-refractivity contribution is 6.30. The van der Waals surface area contributed by atoms with Gasteiger partial charge in [-0.25, -0.2) is 4.79 Å². The maximum atomic E-state index is 12.8. The number of nitrogens with zero attached hydrogens (tertiary/aromatic N) is 2. The average molecular weight is 396 g/mol. The fraction of sp³-hybridized carbons (Fsp3) is 0.526. The molecule has 0 saturated carbocycles. The number of amides is 3. The van der Waals surface area contributed by atoms with Crippen LogP contribution in [0.25, 0.3) is 0 Å². The summed E-state index contributed by atoms with van der Waals surface area (Å²) in [4.78, 5) is 40.3. The Balaban J connectivity index is 1.95. The fourth-order valence-corrected chi connectivity index (χ4v) is 3.15. The summed E-state index contributed by atoms with van der Waals surface area (Å²) in [6, 6.07) is 6.13. The number of alkyl carbamates (subject to hydrolysis) is 1. The van der Waals surface area contributed by atoms with E-state index in [2.05, 4.69) is 10.1 Å². The zero-order valence-corrected chi connectivity index (χ0v) is 16.7. The zero-order valence-electron chi connectivity index (χ0n) is 15.9. The number of nitrogens with one attached hydrogen (secondary N) is 1. The molecule has 0 aromatic heterocycles. The van der Waals surface area contributed by atoms with Crippen LogP contribution in [0.5, 0.6) is 0 Å². The van der Waals surface area contributed by atoms with Gasteiger partial charge >= 0.3 is 6.09 Å². The summed E-state index contributed by atoms with van der Waals surface area (Å²) >= 11 is 5.86. The highest BCUT2D eigenvalue weighted by Gasteiger charge is 2.30. The van der Waals surface area contributed by atoms with Crippen molar-refractivity contribution in [2.75, 3.05) is 33.3 Å². The molecule has 148 valence electrons. The van der Waals surface area contributed by atoms with E-state index in [0.717, 1.165) is 0 Å². The molecule has 2 rings (SSSR count). The van der Waals surface area contributed by atoms with Gasteiger partial charge in [-0.1, -0.05) is 25.4 Å². The lowest BCUT2D eigenvalue weighted by atomic mass is 10.0. The second-order valence-electron chi connectivity index (χ2n) is 6.94. The van der Waals surface area contributed by atoms with Crippen LogP contribution in [-0.2, 0) is 9.53 Å². The Kier molecular flexibility index (Phi) is 7.47. The molecule has 1 aliphatic rings. The van der Waals surface area contributed by atoms with Gasteiger partial charge in [-0.15, -0.1) is 0 Å². The number of hydrogen-bond acceptors (Lipinski definition) is 4. The number of benzene rings is 1. The number of rotatable bonds is 5. The van der Waals surface area contributed by atoms with Gasteiger partial charge in [-0.05, 0) is 36.6 Å². The van der Waals surface area contributed by atoms with Gasteiger partial charge in [-0.2, -0.15) is 0 Å². The van der Waals surface area contributed by atoms with Crippen LogP contribution in [0.2, 0.25) is 5.02 Å². The first-order chi connectivity index (χ1) is 12.8. The molecule has 1 atom stereocenters. The Hall–Kier alpha value is -2.28. The molecule has 0 aliphatic carbocycles. The molecule has 1 saturated heterocycles. The Labute approximate surface area is 164 Å². The highest BCUT2D eigenvalue weighted by atomic mass is 35.5. The molecular weight excluding hydrogens is 370 g/mol. The van der Waals surface area contributed by atoms with Crippen molar-refractivity contribution in [3.8, 4) is 0 Å². The lowest BCUT2D eigenvalue weighted by Gasteiger charge is -2.36. The van der Waals surface area contributed by atoms with Crippen molar-refractivity contribution in [2.45, 2.75) is 26.3 Å². The smallest absolute Gasteiger partial charge is 0.407 e. The first kappa shape index (κ1) is 21.0. The van der Waals surface area contributed by atoms with Crippen LogP contribution in [0, 0.1) is 5.92 Å². The molecule has 1 N–H and O–H groups in total. The normalized spacial score (nSPS) is 15.4. The number of halogens is 1. The SMILES string of the molecule is COC(=O)NC(CC(C)C)C(=O)N1CCN(C(=O)c2ccc(Cl)cc2)CC1. The van der Waals surface area contributed by atoms with Crippen LogP contribution in [-0.4, -0.2) is 67.0 Å². The van der Waals surface area contributed by atoms with Gasteiger partial charge in [0.25, 0.3) is 5.91 Å². The molecule has 1 unspecified atom stereocenters. The van der Waals surface area contributed by atoms with E-state index in [1.807, 2.05) is 13.8 Å². The molecule has 0 spiro atoms. The Morgan fingerprint density at radius 3 is 2.15 bits per heavy atom. The summed E-state index contributed by atoms with van der Waals surface area (Å²) < 4.78 is 4.62. The molecule has 1 aromatic carbocycles. The number of methoxy groups -OCH3 is 1. The van der Waals surface area contributed by atoms with Crippen LogP contribution >= 0.6 is 11.6 Å². The van der Waals surface area contributed by atoms with Crippen LogP contribution in [0.4, 0.5) is 4.79 Å². The Bertz CT molecular complexity index is 670. The number of ether oxygens (including phenoxy) is 1. The predicted octanol–water partition coefficient (Wildman–Crippen LogP) is 2.40. The van der Waals surface area contributed by atoms with Crippen molar-refractivity contribution in [3.05, 3.63) is 34.9 Å². The second-order valence-corrected chi connectivity index (χ2v) is 7.38. The molecule has 1 aromatic rings. The van der Waals surface area contributed by atoms with Gasteiger partial charge < -0.3 is 19.9 Å². The summed E-state index contributed by atoms with van der Waals surface area (Å²) in [5, 5.41) is 3.19. The van der Waals surface area contributed by atoms with Crippen molar-refractivity contribution >= 4 is 29.5 Å². The minimum Gasteiger partial charge on any atom is -0.453 e. The maximum absolute atomic E-state index is 12.8. The lowest BCUT2D eigenvalue weighted by Crippen LogP contribution is -2.56. The molecular formula is C19H26ClN3O4. The second kappa shape index (κ2) is 9.60. The molecule has 1 fully saturated rings. The van der Waals surface area contributed by atoms with Crippen molar-refractivity contribution in [1.82, 2.24) is 15.1 Å². The van der Waals surface area contributed by atoms with E-state index in [9.17, 15) is 14.4 Å². The average Bonchev–Trinajstić information content (AvgIpc) is 2.66. The van der Waals surface area contributed by atoms with Crippen LogP contribution < -0.4 is 5.32 Å². The number of piperazine rings is 1. The minimum atomic E-state index is -0.629. The topological polar surface area (TPSA) is 79.0 Å². The van der Waals surface area contributed by atoms with E-state index in [1.165, 1.54) is 7.11 Å². The molecule has 7 nitrogen and oxygen atoms in total. The lowest BCUT2D eigenvalue weighted by molar-refractivity contribution is -0.135. The molecule has 3 amide bonds. The standard InChI is InChI=1S/C19H26ClN3O4/c1-13(2)12-16(21-19(26)27-3)18(25)23-10-8-22(9-11-23)17(24)14-4-6-15(20)7-5-14/h4-7,13,16H,8-12H2,1-3H3,(H,21,26). The number of carbonyl (C=O) groups is 3. The molecule has 8 heteroatoms. The molecule has 0 bridgehead atoms. The van der Waals surface area contributed by atoms with Crippen LogP contribution in [0.1, 0.15) is 30.6 Å². The summed E-state index contributed by atoms with van der Waals surface area (Å²) in [7, 11) is 1.27. The number of hydrogen-bond donors (Lipinski definition) is 1. The first-order valence-electron chi connectivity index (χ1n) is 9.00. The van der Waals surface area contributed by atoms with Gasteiger partial charge in [0.15, 0.2) is 0 Å². The van der Waals surface area contributed by atoms with E-state index >= 15 is 0 Å². The summed E-state index contributed by atoms with van der Waals surface area (Å²) in [6.45, 7) is 5.72. The largest absolute Gasteiger partial charge is 0.453 e. The minimum absolute atomic E-state index is 0.0785. The predicted molar refractivity (Wildman–Crippen MR) is 103 cm³/mol. The van der Waals surface area contributed by atoms with E-state index in [4.69, 9.17) is 11.6 Å². The highest BCUT2D eigenvalue weighted by Crippen LogP contribution is 2.15. The number of carbonyl (C=O) groups excluding carboxylic acids is 3. The van der Waals surface area contributed by atoms with Crippen molar-refractivity contribution < 1.29 is 19.1 Å². The van der Waals surface area contributed by atoms with Gasteiger partial charge in [0, 0.05) is 36.8 Å². The third-order valence-corrected chi connectivity index (χ3v) is 4.70. The first-order valence-corrected chi connectivity index (χ1v) is 9.37. The monoisotopic (exact) mass is 395 g/mol. The summed E-state index contributed by atoms with van der Waals surface area (Å²) in [6.07, 6.45) is -0.0942.